The van der Waals surface area contributed by atoms with Crippen LogP contribution >= 0.6 is 0 Å². The van der Waals surface area contributed by atoms with Crippen LogP contribution in [0.1, 0.15) is 32.6 Å². The lowest BCUT2D eigenvalue weighted by atomic mass is 9.85. The largest absolute Gasteiger partial charge is 0.389 e. The average Bonchev–Trinajstić information content (AvgIpc) is 2.99. The molecule has 2 aliphatic rings. The van der Waals surface area contributed by atoms with Gasteiger partial charge in [-0.3, -0.25) is 0 Å². The third kappa shape index (κ3) is 6.47. The van der Waals surface area contributed by atoms with Crippen molar-refractivity contribution in [2.24, 2.45) is 11.8 Å². The van der Waals surface area contributed by atoms with Gasteiger partial charge >= 0.3 is 0 Å². The van der Waals surface area contributed by atoms with Gasteiger partial charge in [0.15, 0.2) is 0 Å². The minimum Gasteiger partial charge on any atom is -0.389 e. The predicted molar refractivity (Wildman–Crippen MR) is 86.4 cm³/mol. The van der Waals surface area contributed by atoms with Crippen LogP contribution in [0.4, 0.5) is 0 Å². The second-order valence-corrected chi connectivity index (χ2v) is 6.62. The van der Waals surface area contributed by atoms with Gasteiger partial charge in [-0.1, -0.05) is 19.1 Å². The van der Waals surface area contributed by atoms with E-state index in [9.17, 15) is 5.11 Å². The first-order valence-corrected chi connectivity index (χ1v) is 8.59. The number of aliphatic hydroxyl groups is 1. The van der Waals surface area contributed by atoms with Crippen molar-refractivity contribution in [3.63, 3.8) is 0 Å². The molecule has 2 N–H and O–H groups in total. The molecule has 0 amide bonds. The van der Waals surface area contributed by atoms with E-state index in [4.69, 9.17) is 4.74 Å². The summed E-state index contributed by atoms with van der Waals surface area (Å²) < 4.78 is 5.70. The van der Waals surface area contributed by atoms with E-state index in [0.717, 1.165) is 32.5 Å². The fraction of sp³-hybridized carbons (Fsp3) is 0.882. The van der Waals surface area contributed by atoms with Crippen molar-refractivity contribution in [1.82, 2.24) is 10.2 Å². The fourth-order valence-corrected chi connectivity index (χ4v) is 3.17. The zero-order valence-electron chi connectivity index (χ0n) is 13.5. The van der Waals surface area contributed by atoms with Crippen LogP contribution in [-0.4, -0.2) is 62.0 Å². The van der Waals surface area contributed by atoms with E-state index in [1.165, 1.54) is 25.9 Å². The van der Waals surface area contributed by atoms with Gasteiger partial charge < -0.3 is 20.1 Å². The van der Waals surface area contributed by atoms with Crippen molar-refractivity contribution in [3.05, 3.63) is 12.2 Å². The number of ether oxygens (including phenoxy) is 1. The molecule has 0 bridgehead atoms. The summed E-state index contributed by atoms with van der Waals surface area (Å²) in [5.41, 5.74) is 0. The van der Waals surface area contributed by atoms with Gasteiger partial charge in [-0.2, -0.15) is 0 Å². The van der Waals surface area contributed by atoms with Gasteiger partial charge in [-0.05, 0) is 50.6 Å². The van der Waals surface area contributed by atoms with Gasteiger partial charge in [0.2, 0.25) is 0 Å². The van der Waals surface area contributed by atoms with Crippen molar-refractivity contribution in [1.29, 1.82) is 0 Å². The van der Waals surface area contributed by atoms with E-state index in [2.05, 4.69) is 29.3 Å². The van der Waals surface area contributed by atoms with E-state index < -0.39 is 6.10 Å². The summed E-state index contributed by atoms with van der Waals surface area (Å²) in [7, 11) is 0. The van der Waals surface area contributed by atoms with E-state index in [1.807, 2.05) is 0 Å². The summed E-state index contributed by atoms with van der Waals surface area (Å²) in [5, 5.41) is 13.2. The van der Waals surface area contributed by atoms with Crippen LogP contribution in [0.25, 0.3) is 0 Å². The molecular formula is C17H32N2O2. The van der Waals surface area contributed by atoms with Crippen molar-refractivity contribution in [3.8, 4) is 0 Å². The zero-order valence-corrected chi connectivity index (χ0v) is 13.5. The van der Waals surface area contributed by atoms with Gasteiger partial charge in [0.25, 0.3) is 0 Å². The molecule has 1 heterocycles. The number of nitrogens with one attached hydrogen (secondary N) is 1. The van der Waals surface area contributed by atoms with Crippen LogP contribution in [0.15, 0.2) is 12.2 Å². The predicted octanol–water partition coefficient (Wildman–Crippen LogP) is 1.65. The van der Waals surface area contributed by atoms with Crippen LogP contribution in [-0.2, 0) is 4.74 Å². The second kappa shape index (κ2) is 9.57. The Hall–Kier alpha value is -0.420. The first kappa shape index (κ1) is 16.9. The van der Waals surface area contributed by atoms with E-state index in [0.29, 0.717) is 25.0 Å². The number of aliphatic hydroxyl groups excluding tert-OH is 1. The standard InChI is InChI=1S/C17H32N2O2/c1-15-6-2-3-7-16(15)13-21-14-17(20)12-18-8-11-19-9-4-5-10-19/h2-3,15-18,20H,4-14H2,1H3. The van der Waals surface area contributed by atoms with Crippen LogP contribution in [0.3, 0.4) is 0 Å². The number of allylic oxidation sites excluding steroid dienone is 2. The molecule has 122 valence electrons. The quantitative estimate of drug-likeness (QED) is 0.502. The summed E-state index contributed by atoms with van der Waals surface area (Å²) in [6, 6.07) is 0. The Bertz CT molecular complexity index is 303. The average molecular weight is 296 g/mol. The molecule has 21 heavy (non-hydrogen) atoms. The Balaban J connectivity index is 1.45. The lowest BCUT2D eigenvalue weighted by molar-refractivity contribution is 0.0128. The zero-order chi connectivity index (χ0) is 14.9. The third-order valence-corrected chi connectivity index (χ3v) is 4.74. The Labute approximate surface area is 129 Å². The number of hydrogen-bond acceptors (Lipinski definition) is 4. The van der Waals surface area contributed by atoms with E-state index in [1.54, 1.807) is 0 Å². The maximum atomic E-state index is 9.92. The second-order valence-electron chi connectivity index (χ2n) is 6.62. The van der Waals surface area contributed by atoms with Crippen molar-refractivity contribution in [2.75, 3.05) is 45.9 Å². The lowest BCUT2D eigenvalue weighted by Gasteiger charge is -2.25. The van der Waals surface area contributed by atoms with Crippen molar-refractivity contribution >= 4 is 0 Å². The monoisotopic (exact) mass is 296 g/mol. The third-order valence-electron chi connectivity index (χ3n) is 4.74. The van der Waals surface area contributed by atoms with Crippen LogP contribution in [0, 0.1) is 11.8 Å². The molecule has 0 aromatic carbocycles. The lowest BCUT2D eigenvalue weighted by Crippen LogP contribution is -2.36. The molecule has 3 atom stereocenters. The first-order chi connectivity index (χ1) is 10.3. The summed E-state index contributed by atoms with van der Waals surface area (Å²) >= 11 is 0. The van der Waals surface area contributed by atoms with Gasteiger partial charge in [-0.15, -0.1) is 0 Å². The summed E-state index contributed by atoms with van der Waals surface area (Å²) in [6.45, 7) is 8.67. The van der Waals surface area contributed by atoms with E-state index >= 15 is 0 Å². The summed E-state index contributed by atoms with van der Waals surface area (Å²) in [5.74, 6) is 1.32. The van der Waals surface area contributed by atoms with Crippen molar-refractivity contribution in [2.45, 2.75) is 38.7 Å². The molecule has 1 aliphatic heterocycles. The fourth-order valence-electron chi connectivity index (χ4n) is 3.17. The highest BCUT2D eigenvalue weighted by Gasteiger charge is 2.18. The number of rotatable bonds is 9. The normalized spacial score (nSPS) is 28.1. The Morgan fingerprint density at radius 2 is 2.05 bits per heavy atom. The number of hydrogen-bond donors (Lipinski definition) is 2. The van der Waals surface area contributed by atoms with Crippen LogP contribution in [0.5, 0.6) is 0 Å². The maximum Gasteiger partial charge on any atom is 0.0897 e. The molecule has 0 aromatic heterocycles. The first-order valence-electron chi connectivity index (χ1n) is 8.59. The SMILES string of the molecule is CC1CC=CCC1COCC(O)CNCCN1CCCC1. The smallest absolute Gasteiger partial charge is 0.0897 e. The van der Waals surface area contributed by atoms with Gasteiger partial charge in [0, 0.05) is 19.6 Å². The Morgan fingerprint density at radius 3 is 2.81 bits per heavy atom. The molecule has 4 nitrogen and oxygen atoms in total. The maximum absolute atomic E-state index is 9.92. The van der Waals surface area contributed by atoms with Crippen LogP contribution in [0.2, 0.25) is 0 Å². The molecular weight excluding hydrogens is 264 g/mol. The number of likely N-dealkylation sites (tertiary alicyclic amines) is 1. The molecule has 0 saturated carbocycles. The highest BCUT2D eigenvalue weighted by Crippen LogP contribution is 2.24. The highest BCUT2D eigenvalue weighted by molar-refractivity contribution is 4.93. The van der Waals surface area contributed by atoms with Gasteiger partial charge in [0.1, 0.15) is 0 Å². The molecule has 0 aromatic rings. The minimum absolute atomic E-state index is 0.391. The van der Waals surface area contributed by atoms with Crippen molar-refractivity contribution < 1.29 is 9.84 Å². The Morgan fingerprint density at radius 1 is 1.29 bits per heavy atom. The Kier molecular flexibility index (Phi) is 7.72. The van der Waals surface area contributed by atoms with Crippen LogP contribution < -0.4 is 5.32 Å². The van der Waals surface area contributed by atoms with Gasteiger partial charge in [0.05, 0.1) is 19.3 Å². The van der Waals surface area contributed by atoms with E-state index in [-0.39, 0.29) is 0 Å². The molecule has 0 spiro atoms. The summed E-state index contributed by atoms with van der Waals surface area (Å²) in [4.78, 5) is 2.48. The molecule has 3 unspecified atom stereocenters. The molecule has 2 rings (SSSR count). The topological polar surface area (TPSA) is 44.7 Å². The molecule has 1 saturated heterocycles. The molecule has 0 radical (unpaired) electrons. The molecule has 1 aliphatic carbocycles. The molecule has 1 fully saturated rings. The summed E-state index contributed by atoms with van der Waals surface area (Å²) in [6.07, 6.45) is 9.08. The number of nitrogens with zero attached hydrogens (tertiary/aromatic N) is 1. The van der Waals surface area contributed by atoms with Gasteiger partial charge in [-0.25, -0.2) is 0 Å². The minimum atomic E-state index is -0.391. The molecule has 4 heteroatoms. The highest BCUT2D eigenvalue weighted by atomic mass is 16.5.